The number of imidazole rings is 1. The molecule has 0 fully saturated rings. The summed E-state index contributed by atoms with van der Waals surface area (Å²) >= 11 is 0. The first kappa shape index (κ1) is 35.2. The van der Waals surface area contributed by atoms with Gasteiger partial charge in [-0.05, 0) is 32.1 Å². The molecule has 0 aliphatic carbocycles. The summed E-state index contributed by atoms with van der Waals surface area (Å²) in [6.45, 7) is 9.39. The van der Waals surface area contributed by atoms with Gasteiger partial charge in [-0.1, -0.05) is 162 Å². The molecule has 38 heavy (non-hydrogen) atoms. The lowest BCUT2D eigenvalue weighted by Gasteiger charge is -2.07. The summed E-state index contributed by atoms with van der Waals surface area (Å²) < 4.78 is 5.25. The van der Waals surface area contributed by atoms with E-state index in [0.717, 1.165) is 0 Å². The minimum Gasteiger partial charge on any atom is -0.234 e. The summed E-state index contributed by atoms with van der Waals surface area (Å²) in [5, 5.41) is 0. The molecule has 2 heteroatoms. The lowest BCUT2D eigenvalue weighted by atomic mass is 10.1. The Morgan fingerprint density at radius 2 is 0.816 bits per heavy atom. The number of nitrogens with zero attached hydrogens (tertiary/aromatic N) is 2. The van der Waals surface area contributed by atoms with Crippen molar-refractivity contribution >= 4 is 0 Å². The van der Waals surface area contributed by atoms with Crippen LogP contribution in [0.2, 0.25) is 0 Å². The molecule has 0 radical (unpaired) electrons. The summed E-state index contributed by atoms with van der Waals surface area (Å²) in [6, 6.07) is 0. The van der Waals surface area contributed by atoms with Gasteiger partial charge < -0.3 is 0 Å². The highest BCUT2D eigenvalue weighted by Gasteiger charge is 2.16. The lowest BCUT2D eigenvalue weighted by molar-refractivity contribution is -0.704. The predicted molar refractivity (Wildman–Crippen MR) is 170 cm³/mol. The fourth-order valence-electron chi connectivity index (χ4n) is 5.97. The van der Waals surface area contributed by atoms with Crippen LogP contribution in [0.15, 0.2) is 12.4 Å². The molecule has 224 valence electrons. The van der Waals surface area contributed by atoms with E-state index in [1.165, 1.54) is 193 Å². The Bertz CT molecular complexity index is 590. The summed E-state index contributed by atoms with van der Waals surface area (Å²) in [6.07, 6.45) is 44.4. The van der Waals surface area contributed by atoms with Crippen LogP contribution in [0, 0.1) is 0 Å². The molecule has 0 spiro atoms. The Morgan fingerprint density at radius 3 is 1.26 bits per heavy atom. The molecule has 1 aromatic rings. The third-order valence-corrected chi connectivity index (χ3v) is 8.60. The maximum absolute atomic E-state index is 2.62. The standard InChI is InChI=1S/C36H71N2/c1-4-7-10-13-16-18-19-21-24-27-30-33-38-35-34-37(32-29-26-23-15-12-9-6-3)36(38)31-28-25-22-20-17-14-11-8-5-2/h34-35H,4-33H2,1-3H3/q+1. The van der Waals surface area contributed by atoms with Crippen molar-refractivity contribution in [1.29, 1.82) is 0 Å². The zero-order chi connectivity index (χ0) is 27.4. The Balaban J connectivity index is 2.32. The van der Waals surface area contributed by atoms with E-state index in [1.54, 1.807) is 5.82 Å². The van der Waals surface area contributed by atoms with Gasteiger partial charge in [0.25, 0.3) is 5.82 Å². The molecule has 0 saturated heterocycles. The van der Waals surface area contributed by atoms with Crippen molar-refractivity contribution in [3.63, 3.8) is 0 Å². The lowest BCUT2D eigenvalue weighted by Crippen LogP contribution is -2.37. The third kappa shape index (κ3) is 20.2. The van der Waals surface area contributed by atoms with Crippen LogP contribution in [0.1, 0.15) is 200 Å². The Morgan fingerprint density at radius 1 is 0.447 bits per heavy atom. The van der Waals surface area contributed by atoms with Crippen LogP contribution >= 0.6 is 0 Å². The Labute approximate surface area is 240 Å². The molecule has 0 saturated carbocycles. The number of hydrogen-bond donors (Lipinski definition) is 0. The molecule has 2 nitrogen and oxygen atoms in total. The summed E-state index contributed by atoms with van der Waals surface area (Å²) in [7, 11) is 0. The van der Waals surface area contributed by atoms with Crippen molar-refractivity contribution in [2.24, 2.45) is 0 Å². The number of rotatable bonds is 30. The van der Waals surface area contributed by atoms with Crippen LogP contribution in [0.5, 0.6) is 0 Å². The largest absolute Gasteiger partial charge is 0.256 e. The monoisotopic (exact) mass is 532 g/mol. The fourth-order valence-corrected chi connectivity index (χ4v) is 5.97. The van der Waals surface area contributed by atoms with Gasteiger partial charge in [-0.2, -0.15) is 0 Å². The SMILES string of the molecule is CCCCCCCCCCCCC[n+]1ccn(CCCCCCCCC)c1CCCCCCCCCCC. The average molecular weight is 532 g/mol. The maximum atomic E-state index is 2.62. The van der Waals surface area contributed by atoms with Crippen molar-refractivity contribution in [2.75, 3.05) is 0 Å². The van der Waals surface area contributed by atoms with Crippen molar-refractivity contribution in [1.82, 2.24) is 4.57 Å². The number of aromatic nitrogens is 2. The molecule has 0 aromatic carbocycles. The Hall–Kier alpha value is -0.790. The average Bonchev–Trinajstić information content (AvgIpc) is 3.31. The van der Waals surface area contributed by atoms with Crippen LogP contribution in [0.4, 0.5) is 0 Å². The van der Waals surface area contributed by atoms with E-state index >= 15 is 0 Å². The van der Waals surface area contributed by atoms with E-state index in [2.05, 4.69) is 42.3 Å². The molecule has 0 aliphatic rings. The quantitative estimate of drug-likeness (QED) is 0.0689. The highest BCUT2D eigenvalue weighted by atomic mass is 15.1. The van der Waals surface area contributed by atoms with E-state index in [1.807, 2.05) is 0 Å². The van der Waals surface area contributed by atoms with Crippen LogP contribution in [-0.2, 0) is 19.5 Å². The van der Waals surface area contributed by atoms with Gasteiger partial charge >= 0.3 is 0 Å². The highest BCUT2D eigenvalue weighted by molar-refractivity contribution is 4.84. The third-order valence-electron chi connectivity index (χ3n) is 8.60. The number of aryl methyl sites for hydroxylation is 2. The van der Waals surface area contributed by atoms with Crippen LogP contribution in [0.3, 0.4) is 0 Å². The van der Waals surface area contributed by atoms with E-state index < -0.39 is 0 Å². The molecular formula is C36H71N2+. The molecule has 0 amide bonds. The van der Waals surface area contributed by atoms with E-state index in [9.17, 15) is 0 Å². The first-order valence-corrected chi connectivity index (χ1v) is 17.9. The van der Waals surface area contributed by atoms with Gasteiger partial charge in [0, 0.05) is 6.42 Å². The van der Waals surface area contributed by atoms with Gasteiger partial charge in [0.2, 0.25) is 0 Å². The zero-order valence-electron chi connectivity index (χ0n) is 26.8. The second-order valence-corrected chi connectivity index (χ2v) is 12.3. The summed E-state index contributed by atoms with van der Waals surface area (Å²) in [5.41, 5.74) is 0. The zero-order valence-corrected chi connectivity index (χ0v) is 26.8. The molecule has 0 atom stereocenters. The van der Waals surface area contributed by atoms with E-state index in [-0.39, 0.29) is 0 Å². The number of unbranched alkanes of at least 4 members (excludes halogenated alkanes) is 24. The molecular weight excluding hydrogens is 460 g/mol. The van der Waals surface area contributed by atoms with Crippen molar-refractivity contribution in [3.05, 3.63) is 18.2 Å². The van der Waals surface area contributed by atoms with Gasteiger partial charge in [0.15, 0.2) is 0 Å². The van der Waals surface area contributed by atoms with Gasteiger partial charge in [-0.15, -0.1) is 0 Å². The van der Waals surface area contributed by atoms with Gasteiger partial charge in [0.05, 0.1) is 13.1 Å². The summed E-state index contributed by atoms with van der Waals surface area (Å²) in [4.78, 5) is 0. The normalized spacial score (nSPS) is 11.6. The molecule has 0 unspecified atom stereocenters. The molecule has 1 rings (SSSR count). The minimum absolute atomic E-state index is 1.23. The molecule has 0 N–H and O–H groups in total. The first-order chi connectivity index (χ1) is 18.8. The smallest absolute Gasteiger partial charge is 0.234 e. The molecule has 0 aliphatic heterocycles. The fraction of sp³-hybridized carbons (Fsp3) is 0.917. The molecule has 1 aromatic heterocycles. The highest BCUT2D eigenvalue weighted by Crippen LogP contribution is 2.14. The van der Waals surface area contributed by atoms with Crippen molar-refractivity contribution in [2.45, 2.75) is 214 Å². The van der Waals surface area contributed by atoms with Gasteiger partial charge in [0.1, 0.15) is 12.4 Å². The van der Waals surface area contributed by atoms with E-state index in [0.29, 0.717) is 0 Å². The van der Waals surface area contributed by atoms with Crippen LogP contribution in [-0.4, -0.2) is 4.57 Å². The molecule has 0 bridgehead atoms. The minimum atomic E-state index is 1.23. The number of hydrogen-bond acceptors (Lipinski definition) is 0. The van der Waals surface area contributed by atoms with Crippen LogP contribution < -0.4 is 4.57 Å². The first-order valence-electron chi connectivity index (χ1n) is 17.9. The van der Waals surface area contributed by atoms with Crippen LogP contribution in [0.25, 0.3) is 0 Å². The topological polar surface area (TPSA) is 8.81 Å². The Kier molecular flexibility index (Phi) is 25.7. The van der Waals surface area contributed by atoms with Crippen molar-refractivity contribution in [3.8, 4) is 0 Å². The second-order valence-electron chi connectivity index (χ2n) is 12.3. The molecule has 1 heterocycles. The van der Waals surface area contributed by atoms with Crippen molar-refractivity contribution < 1.29 is 4.57 Å². The predicted octanol–water partition coefficient (Wildman–Crippen LogP) is 11.9. The van der Waals surface area contributed by atoms with Gasteiger partial charge in [-0.25, -0.2) is 9.13 Å². The van der Waals surface area contributed by atoms with Gasteiger partial charge in [-0.3, -0.25) is 0 Å². The summed E-state index contributed by atoms with van der Waals surface area (Å²) in [5.74, 6) is 1.62. The van der Waals surface area contributed by atoms with E-state index in [4.69, 9.17) is 0 Å². The second kappa shape index (κ2) is 27.8. The maximum Gasteiger partial charge on any atom is 0.256 e.